The van der Waals surface area contributed by atoms with Gasteiger partial charge in [-0.1, -0.05) is 11.6 Å². The molecule has 160 valence electrons. The molecule has 1 aromatic carbocycles. The van der Waals surface area contributed by atoms with Crippen LogP contribution < -0.4 is 10.1 Å². The fraction of sp³-hybridized carbons (Fsp3) is 0.250. The number of allylic oxidation sites excluding steroid dienone is 1. The molecule has 0 amide bonds. The molecule has 0 saturated heterocycles. The van der Waals surface area contributed by atoms with Crippen LogP contribution in [-0.2, 0) is 0 Å². The summed E-state index contributed by atoms with van der Waals surface area (Å²) >= 11 is 5.42. The van der Waals surface area contributed by atoms with Crippen LogP contribution >= 0.6 is 11.6 Å². The van der Waals surface area contributed by atoms with Crippen molar-refractivity contribution in [1.29, 1.82) is 5.41 Å². The molecule has 7 nitrogen and oxygen atoms in total. The number of nitrogens with one attached hydrogen (secondary N) is 2. The number of anilines is 2. The van der Waals surface area contributed by atoms with Gasteiger partial charge in [-0.15, -0.1) is 0 Å². The lowest BCUT2D eigenvalue weighted by atomic mass is 9.99. The van der Waals surface area contributed by atoms with Gasteiger partial charge in [0.05, 0.1) is 18.9 Å². The minimum absolute atomic E-state index is 0.0138. The molecule has 1 heterocycles. The van der Waals surface area contributed by atoms with E-state index < -0.39 is 18.8 Å². The molecule has 0 aliphatic heterocycles. The highest BCUT2D eigenvalue weighted by Gasteiger charge is 2.23. The number of aliphatic hydroxyl groups is 2. The largest absolute Gasteiger partial charge is 0.433 e. The number of aromatic nitrogens is 1. The minimum atomic E-state index is -3.30. The van der Waals surface area contributed by atoms with Gasteiger partial charge in [0.2, 0.25) is 0 Å². The molecule has 2 rings (SSSR count). The Kier molecular flexibility index (Phi) is 8.40. The number of aliphatic imine (C=N–C) groups is 1. The van der Waals surface area contributed by atoms with E-state index >= 15 is 0 Å². The van der Waals surface area contributed by atoms with Crippen LogP contribution in [0.4, 0.5) is 20.3 Å². The second kappa shape index (κ2) is 10.8. The third kappa shape index (κ3) is 6.87. The lowest BCUT2D eigenvalue weighted by Gasteiger charge is -2.18. The topological polar surface area (TPSA) is 111 Å². The number of ether oxygens (including phenoxy) is 1. The third-order valence-electron chi connectivity index (χ3n) is 3.74. The Balaban J connectivity index is 2.33. The number of hydrogen-bond acceptors (Lipinski definition) is 7. The van der Waals surface area contributed by atoms with Gasteiger partial charge in [-0.2, -0.15) is 8.78 Å². The molecule has 0 fully saturated rings. The van der Waals surface area contributed by atoms with Crippen molar-refractivity contribution in [2.75, 3.05) is 18.5 Å². The van der Waals surface area contributed by atoms with Crippen LogP contribution in [0.25, 0.3) is 0 Å². The number of halogens is 3. The summed E-state index contributed by atoms with van der Waals surface area (Å²) in [4.78, 5) is 8.27. The predicted molar refractivity (Wildman–Crippen MR) is 112 cm³/mol. The lowest BCUT2D eigenvalue weighted by molar-refractivity contribution is -0.158. The van der Waals surface area contributed by atoms with Crippen molar-refractivity contribution in [2.45, 2.75) is 19.1 Å². The van der Waals surface area contributed by atoms with E-state index in [1.165, 1.54) is 54.4 Å². The second-order valence-electron chi connectivity index (χ2n) is 6.17. The smallest absolute Gasteiger partial charge is 0.394 e. The van der Waals surface area contributed by atoms with Crippen LogP contribution in [-0.4, -0.2) is 46.4 Å². The Morgan fingerprint density at radius 2 is 2.07 bits per heavy atom. The Morgan fingerprint density at radius 1 is 1.37 bits per heavy atom. The molecular formula is C20H21ClF2N4O3. The molecule has 1 aromatic heterocycles. The zero-order valence-corrected chi connectivity index (χ0v) is 16.8. The van der Waals surface area contributed by atoms with Crippen LogP contribution in [0.1, 0.15) is 24.2 Å². The van der Waals surface area contributed by atoms with Gasteiger partial charge in [0.1, 0.15) is 17.7 Å². The van der Waals surface area contributed by atoms with Crippen molar-refractivity contribution >= 4 is 35.0 Å². The molecule has 0 aliphatic carbocycles. The van der Waals surface area contributed by atoms with E-state index in [2.05, 4.69) is 20.0 Å². The maximum atomic E-state index is 13.0. The van der Waals surface area contributed by atoms with Crippen molar-refractivity contribution in [1.82, 2.24) is 4.98 Å². The molecule has 10 heteroatoms. The van der Waals surface area contributed by atoms with Gasteiger partial charge in [0.25, 0.3) is 0 Å². The van der Waals surface area contributed by atoms with E-state index in [9.17, 15) is 19.0 Å². The molecule has 0 saturated carbocycles. The summed E-state index contributed by atoms with van der Waals surface area (Å²) in [6.45, 7) is 0.0781. The first-order valence-corrected chi connectivity index (χ1v) is 9.23. The second-order valence-corrected chi connectivity index (χ2v) is 6.42. The molecule has 0 spiro atoms. The van der Waals surface area contributed by atoms with E-state index in [0.717, 1.165) is 0 Å². The highest BCUT2D eigenvalue weighted by atomic mass is 35.5. The highest BCUT2D eigenvalue weighted by molar-refractivity contribution is 6.26. The minimum Gasteiger partial charge on any atom is -0.433 e. The molecule has 0 aliphatic rings. The number of pyridine rings is 1. The molecule has 1 atom stereocenters. The normalized spacial score (nSPS) is 13.0. The van der Waals surface area contributed by atoms with Crippen molar-refractivity contribution in [2.24, 2.45) is 4.99 Å². The van der Waals surface area contributed by atoms with Gasteiger partial charge < -0.3 is 25.7 Å². The number of rotatable bonds is 10. The summed E-state index contributed by atoms with van der Waals surface area (Å²) in [5.41, 5.74) is 2.37. The maximum Gasteiger partial charge on any atom is 0.394 e. The number of alkyl halides is 2. The predicted octanol–water partition coefficient (Wildman–Crippen LogP) is 4.03. The van der Waals surface area contributed by atoms with E-state index in [-0.39, 0.29) is 29.4 Å². The first-order chi connectivity index (χ1) is 14.2. The van der Waals surface area contributed by atoms with Gasteiger partial charge in [0.15, 0.2) is 0 Å². The van der Waals surface area contributed by atoms with Gasteiger partial charge in [0, 0.05) is 36.1 Å². The van der Waals surface area contributed by atoms with Gasteiger partial charge in [-0.05, 0) is 42.0 Å². The first kappa shape index (κ1) is 23.4. The molecule has 30 heavy (non-hydrogen) atoms. The highest BCUT2D eigenvalue weighted by Crippen LogP contribution is 2.28. The van der Waals surface area contributed by atoms with Crippen LogP contribution in [0.15, 0.2) is 53.1 Å². The number of nitrogens with zero attached hydrogens (tertiary/aromatic N) is 2. The molecule has 4 N–H and O–H groups in total. The SMILES string of the molecule is CC(F)(F)Oc1ccc(Nc2nccc(C(O)CO)c2C(=N)CN=C/C=C\Cl)cc1. The Hall–Kier alpha value is -2.88. The van der Waals surface area contributed by atoms with E-state index in [1.807, 2.05) is 0 Å². The zero-order valence-electron chi connectivity index (χ0n) is 16.0. The lowest BCUT2D eigenvalue weighted by Crippen LogP contribution is -2.19. The van der Waals surface area contributed by atoms with Gasteiger partial charge in [-0.25, -0.2) is 4.98 Å². The number of hydrogen-bond donors (Lipinski definition) is 4. The summed E-state index contributed by atoms with van der Waals surface area (Å²) in [6, 6.07) is 7.24. The van der Waals surface area contributed by atoms with E-state index in [4.69, 9.17) is 17.0 Å². The average Bonchev–Trinajstić information content (AvgIpc) is 2.70. The molecular weight excluding hydrogens is 418 g/mol. The number of benzene rings is 1. The summed E-state index contributed by atoms with van der Waals surface area (Å²) in [6.07, 6.45) is -0.188. The van der Waals surface area contributed by atoms with Crippen LogP contribution in [0.5, 0.6) is 5.75 Å². The first-order valence-electron chi connectivity index (χ1n) is 8.80. The van der Waals surface area contributed by atoms with Crippen molar-refractivity contribution < 1.29 is 23.7 Å². The quantitative estimate of drug-likeness (QED) is 0.418. The Labute approximate surface area is 177 Å². The molecule has 1 unspecified atom stereocenters. The fourth-order valence-corrected chi connectivity index (χ4v) is 2.60. The standard InChI is InChI=1S/C20H21ClF2N4O3/c1-20(22,23)30-14-5-3-13(4-6-14)27-19-18(16(24)11-25-9-2-8-21)15(7-10-26-19)17(29)12-28/h2-10,17,24,28-29H,11-12H2,1H3,(H,26,27)/b8-2-,24-16?,25-9?. The van der Waals surface area contributed by atoms with Crippen LogP contribution in [0, 0.1) is 5.41 Å². The van der Waals surface area contributed by atoms with E-state index in [0.29, 0.717) is 18.2 Å². The van der Waals surface area contributed by atoms with Crippen LogP contribution in [0.2, 0.25) is 0 Å². The number of aliphatic hydroxyl groups excluding tert-OH is 2. The summed E-state index contributed by atoms with van der Waals surface area (Å²) in [5, 5.41) is 30.9. The zero-order chi connectivity index (χ0) is 22.1. The van der Waals surface area contributed by atoms with Crippen LogP contribution in [0.3, 0.4) is 0 Å². The van der Waals surface area contributed by atoms with Crippen molar-refractivity contribution in [3.05, 3.63) is 59.3 Å². The molecule has 2 aromatic rings. The Morgan fingerprint density at radius 3 is 2.67 bits per heavy atom. The molecule has 0 radical (unpaired) electrons. The summed E-state index contributed by atoms with van der Waals surface area (Å²) in [5.74, 6) is 0.225. The van der Waals surface area contributed by atoms with Gasteiger partial charge in [-0.3, -0.25) is 4.99 Å². The maximum absolute atomic E-state index is 13.0. The van der Waals surface area contributed by atoms with Crippen molar-refractivity contribution in [3.63, 3.8) is 0 Å². The summed E-state index contributed by atoms with van der Waals surface area (Å²) in [7, 11) is 0. The Bertz CT molecular complexity index is 915. The van der Waals surface area contributed by atoms with Crippen molar-refractivity contribution in [3.8, 4) is 5.75 Å². The van der Waals surface area contributed by atoms with E-state index in [1.54, 1.807) is 0 Å². The summed E-state index contributed by atoms with van der Waals surface area (Å²) < 4.78 is 30.4. The third-order valence-corrected chi connectivity index (χ3v) is 3.89. The molecule has 0 bridgehead atoms. The monoisotopic (exact) mass is 438 g/mol. The fourth-order valence-electron chi connectivity index (χ4n) is 2.53. The average molecular weight is 439 g/mol. The van der Waals surface area contributed by atoms with Gasteiger partial charge >= 0.3 is 6.11 Å².